The summed E-state index contributed by atoms with van der Waals surface area (Å²) in [5, 5.41) is 4.92. The summed E-state index contributed by atoms with van der Waals surface area (Å²) in [6.07, 6.45) is 0. The summed E-state index contributed by atoms with van der Waals surface area (Å²) in [5.41, 5.74) is -0.772. The van der Waals surface area contributed by atoms with E-state index in [2.05, 4.69) is 26.6 Å². The van der Waals surface area contributed by atoms with Crippen molar-refractivity contribution in [2.75, 3.05) is 11.9 Å². The third-order valence-corrected chi connectivity index (χ3v) is 4.88. The molecule has 2 aromatic carbocycles. The highest BCUT2D eigenvalue weighted by atomic mass is 79.9. The number of hydrogen-bond acceptors (Lipinski definition) is 3. The van der Waals surface area contributed by atoms with E-state index in [0.717, 1.165) is 17.0 Å². The first kappa shape index (κ1) is 19.0. The van der Waals surface area contributed by atoms with E-state index in [1.807, 2.05) is 0 Å². The second-order valence-electron chi connectivity index (χ2n) is 6.10. The van der Waals surface area contributed by atoms with Gasteiger partial charge in [-0.25, -0.2) is 13.6 Å². The molecule has 1 atom stereocenters. The molecule has 0 saturated carbocycles. The smallest absolute Gasteiger partial charge is 0.324 e. The average molecular weight is 438 g/mol. The number of benzene rings is 2. The molecule has 0 aliphatic carbocycles. The number of amides is 4. The van der Waals surface area contributed by atoms with E-state index in [0.29, 0.717) is 10.0 Å². The fourth-order valence-corrected chi connectivity index (χ4v) is 3.49. The number of hydrogen-bond donors (Lipinski definition) is 2. The molecule has 3 rings (SSSR count). The van der Waals surface area contributed by atoms with E-state index in [1.165, 1.54) is 6.07 Å². The molecule has 0 spiro atoms. The van der Waals surface area contributed by atoms with Crippen molar-refractivity contribution in [3.8, 4) is 0 Å². The molecule has 2 N–H and O–H groups in total. The maximum atomic E-state index is 13.2. The predicted molar refractivity (Wildman–Crippen MR) is 96.7 cm³/mol. The number of carbonyl (C=O) groups is 3. The van der Waals surface area contributed by atoms with Crippen LogP contribution in [0.4, 0.5) is 19.3 Å². The second kappa shape index (κ2) is 7.07. The molecule has 1 aliphatic rings. The normalized spacial score (nSPS) is 19.2. The van der Waals surface area contributed by atoms with E-state index >= 15 is 0 Å². The minimum atomic E-state index is -1.33. The summed E-state index contributed by atoms with van der Waals surface area (Å²) < 4.78 is 26.8. The summed E-state index contributed by atoms with van der Waals surface area (Å²) in [5.74, 6) is -3.49. The maximum absolute atomic E-state index is 13.2. The number of rotatable bonds is 4. The molecule has 1 saturated heterocycles. The molecule has 6 nitrogen and oxygen atoms in total. The van der Waals surface area contributed by atoms with Crippen molar-refractivity contribution in [1.82, 2.24) is 10.2 Å². The van der Waals surface area contributed by atoms with Crippen LogP contribution in [0.15, 0.2) is 46.9 Å². The molecule has 0 unspecified atom stereocenters. The fourth-order valence-electron chi connectivity index (χ4n) is 2.81. The fraction of sp³-hybridized carbons (Fsp3) is 0.167. The van der Waals surface area contributed by atoms with E-state index in [9.17, 15) is 23.2 Å². The highest BCUT2D eigenvalue weighted by Gasteiger charge is 2.50. The van der Waals surface area contributed by atoms with Gasteiger partial charge in [0.1, 0.15) is 12.1 Å². The van der Waals surface area contributed by atoms with Gasteiger partial charge in [0, 0.05) is 21.8 Å². The number of urea groups is 1. The molecule has 1 heterocycles. The zero-order valence-corrected chi connectivity index (χ0v) is 15.6. The lowest BCUT2D eigenvalue weighted by molar-refractivity contribution is -0.133. The minimum Gasteiger partial charge on any atom is -0.324 e. The molecular weight excluding hydrogens is 424 g/mol. The first-order valence-electron chi connectivity index (χ1n) is 7.86. The van der Waals surface area contributed by atoms with E-state index in [-0.39, 0.29) is 5.69 Å². The molecule has 9 heteroatoms. The maximum Gasteiger partial charge on any atom is 0.325 e. The molecule has 1 fully saturated rings. The Labute approximate surface area is 161 Å². The summed E-state index contributed by atoms with van der Waals surface area (Å²) in [6, 6.07) is 9.04. The Morgan fingerprint density at radius 2 is 1.89 bits per heavy atom. The van der Waals surface area contributed by atoms with Gasteiger partial charge in [0.15, 0.2) is 11.6 Å². The number of imide groups is 1. The second-order valence-corrected chi connectivity index (χ2v) is 6.96. The van der Waals surface area contributed by atoms with Crippen molar-refractivity contribution in [3.63, 3.8) is 0 Å². The SMILES string of the molecule is C[C@@]1(c2ccccc2Br)NC(=O)N(CC(=O)Nc2ccc(F)c(F)c2)C1=O. The third-order valence-electron chi connectivity index (χ3n) is 4.19. The number of nitrogens with one attached hydrogen (secondary N) is 2. The lowest BCUT2D eigenvalue weighted by Gasteiger charge is -2.23. The Bertz CT molecular complexity index is 953. The molecule has 0 radical (unpaired) electrons. The molecule has 2 aromatic rings. The quantitative estimate of drug-likeness (QED) is 0.721. The van der Waals surface area contributed by atoms with Crippen molar-refractivity contribution in [1.29, 1.82) is 0 Å². The van der Waals surface area contributed by atoms with Crippen LogP contribution in [-0.2, 0) is 15.1 Å². The van der Waals surface area contributed by atoms with Gasteiger partial charge in [-0.05, 0) is 25.1 Å². The number of anilines is 1. The average Bonchev–Trinajstić information content (AvgIpc) is 2.82. The van der Waals surface area contributed by atoms with Crippen molar-refractivity contribution in [3.05, 3.63) is 64.1 Å². The van der Waals surface area contributed by atoms with Crippen LogP contribution in [0, 0.1) is 11.6 Å². The van der Waals surface area contributed by atoms with Crippen LogP contribution < -0.4 is 10.6 Å². The molecule has 140 valence electrons. The van der Waals surface area contributed by atoms with Crippen molar-refractivity contribution in [2.45, 2.75) is 12.5 Å². The lowest BCUT2D eigenvalue weighted by atomic mass is 9.92. The monoisotopic (exact) mass is 437 g/mol. The zero-order valence-electron chi connectivity index (χ0n) is 14.1. The first-order valence-corrected chi connectivity index (χ1v) is 8.65. The molecule has 1 aliphatic heterocycles. The van der Waals surface area contributed by atoms with Gasteiger partial charge >= 0.3 is 6.03 Å². The highest BCUT2D eigenvalue weighted by Crippen LogP contribution is 2.33. The van der Waals surface area contributed by atoms with Gasteiger partial charge < -0.3 is 10.6 Å². The Hall–Kier alpha value is -2.81. The van der Waals surface area contributed by atoms with Crippen LogP contribution in [0.3, 0.4) is 0 Å². The summed E-state index contributed by atoms with van der Waals surface area (Å²) in [7, 11) is 0. The van der Waals surface area contributed by atoms with Crippen LogP contribution in [0.5, 0.6) is 0 Å². The van der Waals surface area contributed by atoms with Gasteiger partial charge in [0.25, 0.3) is 5.91 Å². The van der Waals surface area contributed by atoms with E-state index < -0.39 is 41.6 Å². The van der Waals surface area contributed by atoms with Crippen LogP contribution >= 0.6 is 15.9 Å². The number of nitrogens with zero attached hydrogens (tertiary/aromatic N) is 1. The van der Waals surface area contributed by atoms with Crippen LogP contribution in [0.25, 0.3) is 0 Å². The number of halogens is 3. The van der Waals surface area contributed by atoms with Crippen molar-refractivity contribution in [2.24, 2.45) is 0 Å². The molecule has 4 amide bonds. The summed E-state index contributed by atoms with van der Waals surface area (Å²) in [4.78, 5) is 38.0. The van der Waals surface area contributed by atoms with E-state index in [4.69, 9.17) is 0 Å². The Morgan fingerprint density at radius 1 is 1.19 bits per heavy atom. The van der Waals surface area contributed by atoms with Crippen LogP contribution in [0.2, 0.25) is 0 Å². The van der Waals surface area contributed by atoms with Gasteiger partial charge in [0.2, 0.25) is 5.91 Å². The topological polar surface area (TPSA) is 78.5 Å². The number of carbonyl (C=O) groups excluding carboxylic acids is 3. The summed E-state index contributed by atoms with van der Waals surface area (Å²) in [6.45, 7) is 0.976. The van der Waals surface area contributed by atoms with Crippen LogP contribution in [0.1, 0.15) is 12.5 Å². The standard InChI is InChI=1S/C18H14BrF2N3O3/c1-18(11-4-2-3-5-12(11)19)16(26)24(17(27)23-18)9-15(25)22-10-6-7-13(20)14(21)8-10/h2-8H,9H2,1H3,(H,22,25)(H,23,27)/t18-/m0/s1. The zero-order chi connectivity index (χ0) is 19.8. The van der Waals surface area contributed by atoms with Crippen molar-refractivity contribution < 1.29 is 23.2 Å². The van der Waals surface area contributed by atoms with Crippen LogP contribution in [-0.4, -0.2) is 29.3 Å². The van der Waals surface area contributed by atoms with Gasteiger partial charge in [0.05, 0.1) is 0 Å². The minimum absolute atomic E-state index is 0.0134. The first-order chi connectivity index (χ1) is 12.7. The van der Waals surface area contributed by atoms with Gasteiger partial charge in [-0.2, -0.15) is 0 Å². The lowest BCUT2D eigenvalue weighted by Crippen LogP contribution is -2.42. The third kappa shape index (κ3) is 3.55. The summed E-state index contributed by atoms with van der Waals surface area (Å²) >= 11 is 3.35. The van der Waals surface area contributed by atoms with Gasteiger partial charge in [-0.1, -0.05) is 34.1 Å². The van der Waals surface area contributed by atoms with E-state index in [1.54, 1.807) is 31.2 Å². The Kier molecular flexibility index (Phi) is 4.97. The predicted octanol–water partition coefficient (Wildman–Crippen LogP) is 3.13. The largest absolute Gasteiger partial charge is 0.325 e. The molecule has 27 heavy (non-hydrogen) atoms. The molecule has 0 aromatic heterocycles. The molecule has 0 bridgehead atoms. The molecular formula is C18H14BrF2N3O3. The van der Waals surface area contributed by atoms with Gasteiger partial charge in [-0.15, -0.1) is 0 Å². The Balaban J connectivity index is 1.76. The highest BCUT2D eigenvalue weighted by molar-refractivity contribution is 9.10. The van der Waals surface area contributed by atoms with Gasteiger partial charge in [-0.3, -0.25) is 14.5 Å². The van der Waals surface area contributed by atoms with Crippen molar-refractivity contribution >= 4 is 39.5 Å². The Morgan fingerprint density at radius 3 is 2.56 bits per heavy atom.